The summed E-state index contributed by atoms with van der Waals surface area (Å²) in [6.45, 7) is -1.59. The molecule has 1 amide bonds. The van der Waals surface area contributed by atoms with E-state index in [0.29, 0.717) is 11.3 Å². The summed E-state index contributed by atoms with van der Waals surface area (Å²) in [4.78, 5) is 22.8. The Bertz CT molecular complexity index is 558. The maximum atomic E-state index is 11.9. The fraction of sp³-hybridized carbons (Fsp3) is 0.773. The maximum Gasteiger partial charge on any atom is 1.00 e. The number of aliphatic carboxylic acids is 1. The van der Waals surface area contributed by atoms with Gasteiger partial charge in [-0.1, -0.05) is 70.4 Å². The number of hydrogen-bond donors (Lipinski definition) is 2. The first-order valence-electron chi connectivity index (χ1n) is 12.2. The van der Waals surface area contributed by atoms with Crippen LogP contribution in [0.3, 0.4) is 0 Å². The molecule has 7 heteroatoms. The number of nitrogens with zero attached hydrogens (tertiary/aromatic N) is 1. The molecule has 0 aromatic rings. The smallest absolute Gasteiger partial charge is 0.548 e. The van der Waals surface area contributed by atoms with Crippen molar-refractivity contribution in [2.75, 3.05) is 13.5 Å². The second kappa shape index (κ2) is 21.8. The van der Waals surface area contributed by atoms with Crippen LogP contribution < -0.4 is 40.0 Å². The van der Waals surface area contributed by atoms with Gasteiger partial charge in [-0.2, -0.15) is 0 Å². The van der Waals surface area contributed by atoms with Gasteiger partial charge in [0, 0.05) is 17.5 Å². The van der Waals surface area contributed by atoms with Crippen molar-refractivity contribution in [1.82, 2.24) is 10.2 Å². The van der Waals surface area contributed by atoms with Crippen LogP contribution in [-0.4, -0.2) is 36.3 Å². The van der Waals surface area contributed by atoms with Crippen molar-refractivity contribution in [3.63, 3.8) is 0 Å². The third kappa shape index (κ3) is 21.7. The Labute approximate surface area is 203 Å². The Morgan fingerprint density at radius 1 is 0.966 bits per heavy atom. The number of likely N-dealkylation sites (N-methyl/N-ethyl adjacent to an activating group) is 1. The van der Waals surface area contributed by atoms with Crippen LogP contribution in [0.5, 0.6) is 0 Å². The zero-order valence-corrected chi connectivity index (χ0v) is 20.4. The minimum Gasteiger partial charge on any atom is -0.548 e. The van der Waals surface area contributed by atoms with Crippen LogP contribution in [0, 0.1) is 5.41 Å². The number of carbonyl (C=O) groups is 2. The van der Waals surface area contributed by atoms with Gasteiger partial charge in [0.2, 0.25) is 5.91 Å². The second-order valence-electron chi connectivity index (χ2n) is 7.19. The molecule has 0 aliphatic rings. The second-order valence-corrected chi connectivity index (χ2v) is 7.19. The van der Waals surface area contributed by atoms with Crippen molar-refractivity contribution >= 4 is 17.8 Å². The van der Waals surface area contributed by atoms with Crippen molar-refractivity contribution in [1.29, 1.82) is 5.41 Å². The molecular formula is C22H40N3NaO3. The summed E-state index contributed by atoms with van der Waals surface area (Å²) in [7, 11) is 0. The third-order valence-corrected chi connectivity index (χ3v) is 4.48. The van der Waals surface area contributed by atoms with Gasteiger partial charge < -0.3 is 14.8 Å². The van der Waals surface area contributed by atoms with Crippen molar-refractivity contribution < 1.29 is 48.4 Å². The first kappa shape index (κ1) is 24.4. The Balaban J connectivity index is 0. The predicted octanol–water partition coefficient (Wildman–Crippen LogP) is 0.761. The summed E-state index contributed by atoms with van der Waals surface area (Å²) in [6, 6.07) is 0. The topological polar surface area (TPSA) is 96.3 Å². The molecule has 0 saturated carbocycles. The van der Waals surface area contributed by atoms with Gasteiger partial charge in [-0.05, 0) is 32.1 Å². The molecule has 0 heterocycles. The third-order valence-electron chi connectivity index (χ3n) is 4.48. The number of carboxylic acid groups (broad SMARTS) is 1. The van der Waals surface area contributed by atoms with E-state index < -0.39 is 31.4 Å². The van der Waals surface area contributed by atoms with Crippen molar-refractivity contribution in [3.8, 4) is 0 Å². The fourth-order valence-electron chi connectivity index (χ4n) is 2.83. The molecule has 0 rings (SSSR count). The van der Waals surface area contributed by atoms with Crippen LogP contribution in [-0.2, 0) is 9.59 Å². The van der Waals surface area contributed by atoms with E-state index in [1.54, 1.807) is 0 Å². The van der Waals surface area contributed by atoms with E-state index in [-0.39, 0.29) is 36.0 Å². The van der Waals surface area contributed by atoms with Crippen LogP contribution in [0.15, 0.2) is 12.2 Å². The first-order chi connectivity index (χ1) is 14.7. The maximum absolute atomic E-state index is 11.9. The normalized spacial score (nSPS) is 12.5. The molecule has 0 spiro atoms. The molecule has 0 aliphatic heterocycles. The van der Waals surface area contributed by atoms with E-state index in [0.717, 1.165) is 25.7 Å². The average molecular weight is 421 g/mol. The van der Waals surface area contributed by atoms with E-state index >= 15 is 0 Å². The van der Waals surface area contributed by atoms with Crippen molar-refractivity contribution in [2.45, 2.75) is 96.8 Å². The van der Waals surface area contributed by atoms with Crippen LogP contribution >= 0.6 is 0 Å². The Kier molecular flexibility index (Phi) is 18.4. The van der Waals surface area contributed by atoms with E-state index in [2.05, 4.69) is 24.4 Å². The molecule has 162 valence electrons. The largest absolute Gasteiger partial charge is 1.00 e. The SMILES string of the molecule is [2H]C([2H])([2H])N(CC(=O)[O-])C(=N)NC(=O)CCCCC/C=C\CCCCCCCCCC.[Na+]. The van der Waals surface area contributed by atoms with E-state index in [1.807, 2.05) is 0 Å². The minimum absolute atomic E-state index is 0. The zero-order valence-electron chi connectivity index (χ0n) is 21.4. The summed E-state index contributed by atoms with van der Waals surface area (Å²) in [5.74, 6) is -2.88. The number of hydrogen-bond acceptors (Lipinski definition) is 4. The molecule has 0 atom stereocenters. The van der Waals surface area contributed by atoms with Gasteiger partial charge in [0.05, 0.1) is 12.5 Å². The van der Waals surface area contributed by atoms with E-state index in [9.17, 15) is 14.7 Å². The molecule has 2 N–H and O–H groups in total. The van der Waals surface area contributed by atoms with Crippen molar-refractivity contribution in [2.24, 2.45) is 0 Å². The van der Waals surface area contributed by atoms with Gasteiger partial charge >= 0.3 is 29.6 Å². The monoisotopic (exact) mass is 420 g/mol. The quantitative estimate of drug-likeness (QED) is 0.119. The Morgan fingerprint density at radius 2 is 1.48 bits per heavy atom. The Morgan fingerprint density at radius 3 is 2.00 bits per heavy atom. The summed E-state index contributed by atoms with van der Waals surface area (Å²) in [5, 5.41) is 20.5. The van der Waals surface area contributed by atoms with Crippen LogP contribution in [0.1, 0.15) is 101 Å². The molecule has 0 aromatic heterocycles. The summed E-state index contributed by atoms with van der Waals surface area (Å²) in [6.07, 6.45) is 19.7. The summed E-state index contributed by atoms with van der Waals surface area (Å²) >= 11 is 0. The van der Waals surface area contributed by atoms with Crippen LogP contribution in [0.4, 0.5) is 0 Å². The number of guanidine groups is 1. The zero-order chi connectivity index (χ0) is 23.5. The number of allylic oxidation sites excluding steroid dienone is 2. The number of unbranched alkanes of at least 4 members (excludes halogenated alkanes) is 11. The minimum atomic E-state index is -2.84. The average Bonchev–Trinajstić information content (AvgIpc) is 2.68. The molecule has 0 unspecified atom stereocenters. The van der Waals surface area contributed by atoms with Gasteiger partial charge in [0.1, 0.15) is 0 Å². The van der Waals surface area contributed by atoms with Gasteiger partial charge in [-0.25, -0.2) is 0 Å². The van der Waals surface area contributed by atoms with E-state index in [1.165, 1.54) is 51.4 Å². The standard InChI is InChI=1S/C22H41N3O3.Na/c1-3-4-5-6-7-8-9-10-11-12-13-14-15-16-17-18-20(26)24-22(23)25(2)19-21(27)28;/h12-13H,3-11,14-19H2,1-2H3,(H,27,28)(H2,23,24,26);/q;+1/p-1/b13-12-;/i2D3;. The summed E-state index contributed by atoms with van der Waals surface area (Å²) in [5.41, 5.74) is 0. The van der Waals surface area contributed by atoms with E-state index in [4.69, 9.17) is 9.52 Å². The summed E-state index contributed by atoms with van der Waals surface area (Å²) < 4.78 is 21.8. The molecule has 0 aliphatic carbocycles. The number of carboxylic acids is 1. The molecular weight excluding hydrogens is 377 g/mol. The first-order valence-corrected chi connectivity index (χ1v) is 10.7. The molecule has 0 bridgehead atoms. The molecule has 29 heavy (non-hydrogen) atoms. The molecule has 6 nitrogen and oxygen atoms in total. The number of rotatable bonds is 17. The van der Waals surface area contributed by atoms with Gasteiger partial charge in [-0.15, -0.1) is 0 Å². The Hall–Kier alpha value is -0.850. The number of amides is 1. The molecule has 0 fully saturated rings. The fourth-order valence-corrected chi connectivity index (χ4v) is 2.83. The van der Waals surface area contributed by atoms with Crippen LogP contribution in [0.25, 0.3) is 0 Å². The van der Waals surface area contributed by atoms with Gasteiger partial charge in [0.15, 0.2) is 5.96 Å². The predicted molar refractivity (Wildman–Crippen MR) is 113 cm³/mol. The molecule has 0 radical (unpaired) electrons. The molecule has 0 saturated heterocycles. The van der Waals surface area contributed by atoms with Crippen LogP contribution in [0.2, 0.25) is 0 Å². The van der Waals surface area contributed by atoms with Gasteiger partial charge in [0.25, 0.3) is 0 Å². The number of nitrogens with one attached hydrogen (secondary N) is 2. The van der Waals surface area contributed by atoms with Crippen molar-refractivity contribution in [3.05, 3.63) is 12.2 Å². The molecule has 0 aromatic carbocycles. The number of carbonyl (C=O) groups excluding carboxylic acids is 2. The van der Waals surface area contributed by atoms with Gasteiger partial charge in [-0.3, -0.25) is 15.5 Å².